The number of benzene rings is 1. The fourth-order valence-corrected chi connectivity index (χ4v) is 1.02. The van der Waals surface area contributed by atoms with E-state index in [2.05, 4.69) is 0 Å². The van der Waals surface area contributed by atoms with Crippen molar-refractivity contribution in [1.29, 1.82) is 0 Å². The van der Waals surface area contributed by atoms with Crippen molar-refractivity contribution < 1.29 is 18.3 Å². The third kappa shape index (κ3) is 4.21. The molecule has 0 aliphatic carbocycles. The zero-order valence-corrected chi connectivity index (χ0v) is 8.82. The first-order chi connectivity index (χ1) is 7.59. The third-order valence-electron chi connectivity index (χ3n) is 1.91. The maximum Gasteiger partial charge on any atom is 0.331 e. The minimum Gasteiger partial charge on any atom is -0.458 e. The fourth-order valence-electron chi connectivity index (χ4n) is 1.02. The molecule has 1 aromatic rings. The van der Waals surface area contributed by atoms with Gasteiger partial charge < -0.3 is 4.74 Å². The van der Waals surface area contributed by atoms with Crippen LogP contribution in [0.2, 0.25) is 0 Å². The first-order valence-corrected chi connectivity index (χ1v) is 4.76. The van der Waals surface area contributed by atoms with Gasteiger partial charge in [-0.15, -0.1) is 0 Å². The number of carbonyl (C=O) groups excluding carboxylic acids is 1. The van der Waals surface area contributed by atoms with E-state index >= 15 is 0 Å². The smallest absolute Gasteiger partial charge is 0.331 e. The quantitative estimate of drug-likeness (QED) is 0.582. The molecule has 4 heteroatoms. The molecule has 0 amide bonds. The van der Waals surface area contributed by atoms with Gasteiger partial charge >= 0.3 is 5.97 Å². The normalized spacial score (nSPS) is 11.6. The van der Waals surface area contributed by atoms with E-state index < -0.39 is 12.4 Å². The van der Waals surface area contributed by atoms with Crippen LogP contribution in [0.4, 0.5) is 8.78 Å². The van der Waals surface area contributed by atoms with Crippen molar-refractivity contribution in [2.24, 2.45) is 0 Å². The highest BCUT2D eigenvalue weighted by atomic mass is 19.3. The molecule has 0 radical (unpaired) electrons. The van der Waals surface area contributed by atoms with Crippen LogP contribution in [0.15, 0.2) is 42.0 Å². The maximum absolute atomic E-state index is 12.1. The van der Waals surface area contributed by atoms with Crippen LogP contribution < -0.4 is 0 Å². The van der Waals surface area contributed by atoms with Gasteiger partial charge in [0.15, 0.2) is 0 Å². The lowest BCUT2D eigenvalue weighted by Crippen LogP contribution is -2.04. The minimum atomic E-state index is -2.62. The first-order valence-electron chi connectivity index (χ1n) is 4.76. The van der Waals surface area contributed by atoms with Gasteiger partial charge in [-0.3, -0.25) is 0 Å². The molecule has 2 nitrogen and oxygen atoms in total. The van der Waals surface area contributed by atoms with E-state index in [1.807, 2.05) is 18.2 Å². The monoisotopic (exact) mass is 226 g/mol. The highest BCUT2D eigenvalue weighted by molar-refractivity contribution is 5.82. The molecule has 0 bridgehead atoms. The van der Waals surface area contributed by atoms with Crippen LogP contribution >= 0.6 is 0 Å². The number of alkyl halides is 2. The first kappa shape index (κ1) is 12.4. The predicted molar refractivity (Wildman–Crippen MR) is 56.0 cm³/mol. The van der Waals surface area contributed by atoms with E-state index in [9.17, 15) is 13.6 Å². The number of carbonyl (C=O) groups is 1. The van der Waals surface area contributed by atoms with E-state index in [0.29, 0.717) is 0 Å². The summed E-state index contributed by atoms with van der Waals surface area (Å²) >= 11 is 0. The molecule has 0 aromatic heterocycles. The number of ether oxygens (including phenoxy) is 1. The second kappa shape index (κ2) is 6.00. The van der Waals surface area contributed by atoms with Gasteiger partial charge in [0.2, 0.25) is 0 Å². The van der Waals surface area contributed by atoms with E-state index in [4.69, 9.17) is 4.74 Å². The number of hydrogen-bond donors (Lipinski definition) is 0. The van der Waals surface area contributed by atoms with Crippen LogP contribution in [0.3, 0.4) is 0 Å². The summed E-state index contributed by atoms with van der Waals surface area (Å²) in [7, 11) is 0. The Morgan fingerprint density at radius 1 is 1.38 bits per heavy atom. The van der Waals surface area contributed by atoms with Crippen LogP contribution in [0, 0.1) is 0 Å². The van der Waals surface area contributed by atoms with Gasteiger partial charge in [-0.2, -0.15) is 0 Å². The second-order valence-corrected chi connectivity index (χ2v) is 3.28. The lowest BCUT2D eigenvalue weighted by molar-refractivity contribution is -0.139. The Balaban J connectivity index is 2.45. The molecule has 0 unspecified atom stereocenters. The molecule has 86 valence electrons. The summed E-state index contributed by atoms with van der Waals surface area (Å²) in [6, 6.07) is 9.03. The van der Waals surface area contributed by atoms with Gasteiger partial charge in [0.05, 0.1) is 0 Å². The molecular weight excluding hydrogens is 214 g/mol. The van der Waals surface area contributed by atoms with Crippen LogP contribution in [0.1, 0.15) is 12.5 Å². The minimum absolute atomic E-state index is 0.0900. The van der Waals surface area contributed by atoms with E-state index in [-0.39, 0.29) is 12.2 Å². The van der Waals surface area contributed by atoms with E-state index in [0.717, 1.165) is 11.6 Å². The zero-order chi connectivity index (χ0) is 12.0. The number of allylic oxidation sites excluding steroid dienone is 1. The van der Waals surface area contributed by atoms with Crippen LogP contribution in [-0.4, -0.2) is 12.4 Å². The van der Waals surface area contributed by atoms with Crippen molar-refractivity contribution in [3.8, 4) is 0 Å². The molecule has 0 fully saturated rings. The SMILES string of the molecule is C/C(=C\C(=O)OCc1ccccc1)C(F)F. The number of hydrogen-bond acceptors (Lipinski definition) is 2. The predicted octanol–water partition coefficient (Wildman–Crippen LogP) is 2.94. The molecule has 16 heavy (non-hydrogen) atoms. The third-order valence-corrected chi connectivity index (χ3v) is 1.91. The number of rotatable bonds is 4. The second-order valence-electron chi connectivity index (χ2n) is 3.28. The topological polar surface area (TPSA) is 26.3 Å². The molecule has 1 rings (SSSR count). The van der Waals surface area contributed by atoms with Crippen molar-refractivity contribution in [2.75, 3.05) is 0 Å². The van der Waals surface area contributed by atoms with E-state index in [1.165, 1.54) is 6.92 Å². The standard InChI is InChI=1S/C12H12F2O2/c1-9(12(13)14)7-11(15)16-8-10-5-3-2-4-6-10/h2-7,12H,8H2,1H3/b9-7+. The Kier molecular flexibility index (Phi) is 4.64. The number of halogens is 2. The molecule has 0 spiro atoms. The summed E-state index contributed by atoms with van der Waals surface area (Å²) < 4.78 is 29.0. The summed E-state index contributed by atoms with van der Waals surface area (Å²) in [5, 5.41) is 0. The Hall–Kier alpha value is -1.71. The van der Waals surface area contributed by atoms with Gasteiger partial charge in [0.1, 0.15) is 6.61 Å². The van der Waals surface area contributed by atoms with E-state index in [1.54, 1.807) is 12.1 Å². The maximum atomic E-state index is 12.1. The summed E-state index contributed by atoms with van der Waals surface area (Å²) in [5.41, 5.74) is 0.525. The van der Waals surface area contributed by atoms with Gasteiger partial charge in [-0.25, -0.2) is 13.6 Å². The summed E-state index contributed by atoms with van der Waals surface area (Å²) in [6.45, 7) is 1.28. The van der Waals surface area contributed by atoms with Gasteiger partial charge in [-0.05, 0) is 18.1 Å². The Labute approximate surface area is 92.5 Å². The number of esters is 1. The molecule has 0 N–H and O–H groups in total. The van der Waals surface area contributed by atoms with Crippen LogP contribution in [0.5, 0.6) is 0 Å². The average molecular weight is 226 g/mol. The van der Waals surface area contributed by atoms with Crippen molar-refractivity contribution >= 4 is 5.97 Å². The molecule has 0 atom stereocenters. The van der Waals surface area contributed by atoms with Gasteiger partial charge in [-0.1, -0.05) is 30.3 Å². The van der Waals surface area contributed by atoms with Crippen LogP contribution in [-0.2, 0) is 16.1 Å². The molecule has 0 saturated heterocycles. The van der Waals surface area contributed by atoms with Crippen molar-refractivity contribution in [3.05, 3.63) is 47.5 Å². The Morgan fingerprint density at radius 2 is 2.00 bits per heavy atom. The summed E-state index contributed by atoms with van der Waals surface area (Å²) in [5.74, 6) is -0.748. The lowest BCUT2D eigenvalue weighted by Gasteiger charge is -2.03. The van der Waals surface area contributed by atoms with Crippen LogP contribution in [0.25, 0.3) is 0 Å². The highest BCUT2D eigenvalue weighted by Gasteiger charge is 2.08. The average Bonchev–Trinajstić information content (AvgIpc) is 2.27. The van der Waals surface area contributed by atoms with Gasteiger partial charge in [0.25, 0.3) is 6.43 Å². The largest absolute Gasteiger partial charge is 0.458 e. The van der Waals surface area contributed by atoms with Gasteiger partial charge in [0, 0.05) is 6.08 Å². The molecule has 1 aromatic carbocycles. The van der Waals surface area contributed by atoms with Crippen molar-refractivity contribution in [2.45, 2.75) is 20.0 Å². The Morgan fingerprint density at radius 3 is 2.56 bits per heavy atom. The molecule has 0 saturated carbocycles. The lowest BCUT2D eigenvalue weighted by atomic mass is 10.2. The highest BCUT2D eigenvalue weighted by Crippen LogP contribution is 2.07. The Bertz CT molecular complexity index is 372. The fraction of sp³-hybridized carbons (Fsp3) is 0.250. The van der Waals surface area contributed by atoms with Crippen molar-refractivity contribution in [1.82, 2.24) is 0 Å². The van der Waals surface area contributed by atoms with Crippen molar-refractivity contribution in [3.63, 3.8) is 0 Å². The molecular formula is C12H12F2O2. The zero-order valence-electron chi connectivity index (χ0n) is 8.82. The summed E-state index contributed by atoms with van der Waals surface area (Å²) in [4.78, 5) is 11.1. The molecule has 0 aliphatic heterocycles. The summed E-state index contributed by atoms with van der Waals surface area (Å²) in [6.07, 6.45) is -1.81. The molecule has 0 aliphatic rings. The molecule has 0 heterocycles.